The van der Waals surface area contributed by atoms with Gasteiger partial charge in [-0.25, -0.2) is 14.0 Å². The maximum atomic E-state index is 13.0. The molecule has 2 aromatic carbocycles. The lowest BCUT2D eigenvalue weighted by Gasteiger charge is -2.13. The SMILES string of the molecule is COC(=O)c1c(N)c(C#N)cn1-c1ccccc1C(=O)Oc1ccc(F)cc1. The predicted octanol–water partition coefficient (Wildman–Crippen LogP) is 3.08. The van der Waals surface area contributed by atoms with Gasteiger partial charge in [-0.05, 0) is 36.4 Å². The first-order valence-electron chi connectivity index (χ1n) is 8.02. The monoisotopic (exact) mass is 379 g/mol. The number of benzene rings is 2. The maximum absolute atomic E-state index is 13.0. The maximum Gasteiger partial charge on any atom is 0.357 e. The Morgan fingerprint density at radius 3 is 2.43 bits per heavy atom. The second-order valence-electron chi connectivity index (χ2n) is 5.64. The molecule has 140 valence electrons. The van der Waals surface area contributed by atoms with Crippen molar-refractivity contribution >= 4 is 17.6 Å². The highest BCUT2D eigenvalue weighted by Gasteiger charge is 2.24. The van der Waals surface area contributed by atoms with E-state index in [0.717, 1.165) is 12.1 Å². The minimum Gasteiger partial charge on any atom is -0.464 e. The molecule has 28 heavy (non-hydrogen) atoms. The number of esters is 2. The van der Waals surface area contributed by atoms with Crippen molar-refractivity contribution in [2.45, 2.75) is 0 Å². The molecule has 0 saturated carbocycles. The Morgan fingerprint density at radius 2 is 1.79 bits per heavy atom. The molecule has 0 bridgehead atoms. The van der Waals surface area contributed by atoms with Crippen LogP contribution in [0.15, 0.2) is 54.7 Å². The van der Waals surface area contributed by atoms with Gasteiger partial charge in [0.05, 0.1) is 29.6 Å². The number of ether oxygens (including phenoxy) is 2. The van der Waals surface area contributed by atoms with Gasteiger partial charge < -0.3 is 19.8 Å². The van der Waals surface area contributed by atoms with E-state index in [0.29, 0.717) is 0 Å². The summed E-state index contributed by atoms with van der Waals surface area (Å²) in [6.45, 7) is 0. The van der Waals surface area contributed by atoms with Gasteiger partial charge in [-0.15, -0.1) is 0 Å². The highest BCUT2D eigenvalue weighted by atomic mass is 19.1. The fraction of sp³-hybridized carbons (Fsp3) is 0.0500. The first kappa shape index (κ1) is 18.7. The van der Waals surface area contributed by atoms with Crippen molar-refractivity contribution in [2.75, 3.05) is 12.8 Å². The summed E-state index contributed by atoms with van der Waals surface area (Å²) in [4.78, 5) is 24.8. The molecule has 0 spiro atoms. The van der Waals surface area contributed by atoms with Crippen LogP contribution in [0.2, 0.25) is 0 Å². The van der Waals surface area contributed by atoms with Gasteiger partial charge in [0, 0.05) is 6.20 Å². The Bertz CT molecular complexity index is 1100. The van der Waals surface area contributed by atoms with E-state index in [2.05, 4.69) is 0 Å². The molecule has 1 aromatic heterocycles. The van der Waals surface area contributed by atoms with E-state index in [1.807, 2.05) is 6.07 Å². The topological polar surface area (TPSA) is 107 Å². The van der Waals surface area contributed by atoms with E-state index in [-0.39, 0.29) is 33.9 Å². The van der Waals surface area contributed by atoms with E-state index in [1.54, 1.807) is 18.2 Å². The molecule has 3 rings (SSSR count). The van der Waals surface area contributed by atoms with Gasteiger partial charge in [-0.1, -0.05) is 12.1 Å². The third-order valence-corrected chi connectivity index (χ3v) is 3.95. The van der Waals surface area contributed by atoms with Gasteiger partial charge in [-0.3, -0.25) is 0 Å². The zero-order chi connectivity index (χ0) is 20.3. The van der Waals surface area contributed by atoms with Crippen molar-refractivity contribution in [3.05, 3.63) is 77.4 Å². The molecule has 0 amide bonds. The lowest BCUT2D eigenvalue weighted by atomic mass is 10.1. The molecule has 0 atom stereocenters. The molecular formula is C20H14FN3O4. The number of halogens is 1. The number of aromatic nitrogens is 1. The number of nitrogens with two attached hydrogens (primary N) is 1. The van der Waals surface area contributed by atoms with Gasteiger partial charge in [0.2, 0.25) is 0 Å². The molecule has 0 unspecified atom stereocenters. The Labute approximate surface area is 159 Å². The molecule has 8 heteroatoms. The van der Waals surface area contributed by atoms with Gasteiger partial charge in [0.15, 0.2) is 5.69 Å². The van der Waals surface area contributed by atoms with Crippen molar-refractivity contribution in [1.82, 2.24) is 4.57 Å². The predicted molar refractivity (Wildman–Crippen MR) is 97.6 cm³/mol. The van der Waals surface area contributed by atoms with Gasteiger partial charge in [-0.2, -0.15) is 5.26 Å². The molecule has 0 aliphatic rings. The summed E-state index contributed by atoms with van der Waals surface area (Å²) >= 11 is 0. The van der Waals surface area contributed by atoms with Crippen LogP contribution in [0.1, 0.15) is 26.4 Å². The number of nitriles is 1. The average Bonchev–Trinajstić information content (AvgIpc) is 3.05. The molecule has 0 fully saturated rings. The van der Waals surface area contributed by atoms with Gasteiger partial charge in [0.1, 0.15) is 17.6 Å². The number of nitrogen functional groups attached to an aromatic ring is 1. The number of methoxy groups -OCH3 is 1. The van der Waals surface area contributed by atoms with Crippen LogP contribution in [-0.4, -0.2) is 23.6 Å². The number of anilines is 1. The van der Waals surface area contributed by atoms with Crippen LogP contribution < -0.4 is 10.5 Å². The fourth-order valence-corrected chi connectivity index (χ4v) is 2.63. The van der Waals surface area contributed by atoms with Crippen LogP contribution in [0.5, 0.6) is 5.75 Å². The Kier molecular flexibility index (Phi) is 5.09. The van der Waals surface area contributed by atoms with Crippen LogP contribution in [0.4, 0.5) is 10.1 Å². The molecule has 0 radical (unpaired) electrons. The number of hydrogen-bond donors (Lipinski definition) is 1. The summed E-state index contributed by atoms with van der Waals surface area (Å²) in [5.41, 5.74) is 6.19. The van der Waals surface area contributed by atoms with E-state index < -0.39 is 17.8 Å². The third kappa shape index (κ3) is 3.41. The molecular weight excluding hydrogens is 365 g/mol. The smallest absolute Gasteiger partial charge is 0.357 e. The molecule has 0 aliphatic carbocycles. The van der Waals surface area contributed by atoms with E-state index in [1.165, 1.54) is 36.1 Å². The highest BCUT2D eigenvalue weighted by Crippen LogP contribution is 2.27. The Hall–Kier alpha value is -4.12. The minimum atomic E-state index is -0.763. The first-order valence-corrected chi connectivity index (χ1v) is 8.02. The largest absolute Gasteiger partial charge is 0.464 e. The number of carbonyl (C=O) groups excluding carboxylic acids is 2. The third-order valence-electron chi connectivity index (χ3n) is 3.95. The van der Waals surface area contributed by atoms with E-state index >= 15 is 0 Å². The van der Waals surface area contributed by atoms with Crippen LogP contribution in [0.3, 0.4) is 0 Å². The summed E-state index contributed by atoms with van der Waals surface area (Å²) < 4.78 is 24.4. The van der Waals surface area contributed by atoms with Crippen LogP contribution >= 0.6 is 0 Å². The number of rotatable bonds is 4. The second-order valence-corrected chi connectivity index (χ2v) is 5.64. The number of hydrogen-bond acceptors (Lipinski definition) is 6. The van der Waals surface area contributed by atoms with Crippen LogP contribution in [0.25, 0.3) is 5.69 Å². The molecule has 3 aromatic rings. The average molecular weight is 379 g/mol. The van der Waals surface area contributed by atoms with E-state index in [9.17, 15) is 19.2 Å². The van der Waals surface area contributed by atoms with Crippen molar-refractivity contribution in [2.24, 2.45) is 0 Å². The molecule has 1 heterocycles. The lowest BCUT2D eigenvalue weighted by Crippen LogP contribution is -2.16. The van der Waals surface area contributed by atoms with Crippen LogP contribution in [-0.2, 0) is 4.74 Å². The quantitative estimate of drug-likeness (QED) is 0.551. The van der Waals surface area contributed by atoms with Crippen molar-refractivity contribution in [3.63, 3.8) is 0 Å². The van der Waals surface area contributed by atoms with Crippen LogP contribution in [0, 0.1) is 17.1 Å². The zero-order valence-electron chi connectivity index (χ0n) is 14.7. The summed E-state index contributed by atoms with van der Waals surface area (Å²) in [6.07, 6.45) is 1.34. The number of para-hydroxylation sites is 1. The minimum absolute atomic E-state index is 0.0575. The molecule has 0 aliphatic heterocycles. The fourth-order valence-electron chi connectivity index (χ4n) is 2.63. The summed E-state index contributed by atoms with van der Waals surface area (Å²) in [5.74, 6) is -1.81. The van der Waals surface area contributed by atoms with Crippen molar-refractivity contribution < 1.29 is 23.5 Å². The summed E-state index contributed by atoms with van der Waals surface area (Å²) in [6, 6.07) is 13.2. The van der Waals surface area contributed by atoms with Gasteiger partial charge >= 0.3 is 11.9 Å². The first-order chi connectivity index (χ1) is 13.5. The van der Waals surface area contributed by atoms with Crippen molar-refractivity contribution in [1.29, 1.82) is 5.26 Å². The lowest BCUT2D eigenvalue weighted by molar-refractivity contribution is 0.0591. The summed E-state index contributed by atoms with van der Waals surface area (Å²) in [5, 5.41) is 9.24. The molecule has 0 saturated heterocycles. The Balaban J connectivity index is 2.08. The Morgan fingerprint density at radius 1 is 1.11 bits per heavy atom. The van der Waals surface area contributed by atoms with Crippen molar-refractivity contribution in [3.8, 4) is 17.5 Å². The normalized spacial score (nSPS) is 10.2. The van der Waals surface area contributed by atoms with Gasteiger partial charge in [0.25, 0.3) is 0 Å². The second kappa shape index (κ2) is 7.63. The molecule has 2 N–H and O–H groups in total. The zero-order valence-corrected chi connectivity index (χ0v) is 14.7. The number of carbonyl (C=O) groups is 2. The molecule has 7 nitrogen and oxygen atoms in total. The standard InChI is InChI=1S/C20H14FN3O4/c1-27-20(26)18-17(23)12(10-22)11-24(18)16-5-3-2-4-15(16)19(25)28-14-8-6-13(21)7-9-14/h2-9,11H,23H2,1H3. The highest BCUT2D eigenvalue weighted by molar-refractivity contribution is 5.99. The van der Waals surface area contributed by atoms with E-state index in [4.69, 9.17) is 15.2 Å². The number of nitrogens with zero attached hydrogens (tertiary/aromatic N) is 2. The summed E-state index contributed by atoms with van der Waals surface area (Å²) in [7, 11) is 1.18.